The van der Waals surface area contributed by atoms with Crippen molar-refractivity contribution in [2.24, 2.45) is 0 Å². The zero-order valence-corrected chi connectivity index (χ0v) is 15.2. The number of hydrogen-bond acceptors (Lipinski definition) is 5. The molecule has 1 aliphatic carbocycles. The molecule has 0 saturated heterocycles. The van der Waals surface area contributed by atoms with Crippen LogP contribution in [0.15, 0.2) is 45.9 Å². The summed E-state index contributed by atoms with van der Waals surface area (Å²) >= 11 is 6.32. The van der Waals surface area contributed by atoms with E-state index in [1.807, 2.05) is 6.07 Å². The molecule has 0 aliphatic heterocycles. The van der Waals surface area contributed by atoms with E-state index in [1.54, 1.807) is 30.6 Å². The van der Waals surface area contributed by atoms with Gasteiger partial charge in [0.25, 0.3) is 5.91 Å². The Bertz CT molecular complexity index is 1060. The molecule has 0 unspecified atom stereocenters. The Hall–Kier alpha value is -2.86. The number of amides is 1. The van der Waals surface area contributed by atoms with E-state index < -0.39 is 0 Å². The Morgan fingerprint density at radius 3 is 2.96 bits per heavy atom. The smallest absolute Gasteiger partial charge is 0.339 e. The van der Waals surface area contributed by atoms with Gasteiger partial charge in [-0.1, -0.05) is 17.7 Å². The van der Waals surface area contributed by atoms with Gasteiger partial charge in [0.05, 0.1) is 5.02 Å². The fraction of sp³-hybridized carbons (Fsp3) is 0.250. The molecule has 138 valence electrons. The third-order valence-electron chi connectivity index (χ3n) is 4.60. The van der Waals surface area contributed by atoms with Crippen molar-refractivity contribution in [3.8, 4) is 5.75 Å². The van der Waals surface area contributed by atoms with Gasteiger partial charge >= 0.3 is 5.63 Å². The lowest BCUT2D eigenvalue weighted by molar-refractivity contribution is -0.123. The second-order valence-corrected chi connectivity index (χ2v) is 6.81. The van der Waals surface area contributed by atoms with Crippen LogP contribution in [0.2, 0.25) is 5.02 Å². The summed E-state index contributed by atoms with van der Waals surface area (Å²) in [6.07, 6.45) is 5.86. The van der Waals surface area contributed by atoms with Gasteiger partial charge in [0.15, 0.2) is 6.61 Å². The van der Waals surface area contributed by atoms with Gasteiger partial charge in [0.1, 0.15) is 11.3 Å². The summed E-state index contributed by atoms with van der Waals surface area (Å²) in [5.74, 6) is 0.0206. The fourth-order valence-electron chi connectivity index (χ4n) is 3.29. The zero-order chi connectivity index (χ0) is 18.8. The number of carbonyl (C=O) groups is 1. The fourth-order valence-corrected chi connectivity index (χ4v) is 3.51. The quantitative estimate of drug-likeness (QED) is 0.684. The Balaban J connectivity index is 1.47. The average Bonchev–Trinajstić information content (AvgIpc) is 3.17. The molecule has 3 aromatic rings. The molecular formula is C20H17ClN2O4. The van der Waals surface area contributed by atoms with Gasteiger partial charge in [0, 0.05) is 36.0 Å². The lowest BCUT2D eigenvalue weighted by atomic mass is 10.1. The number of aryl methyl sites for hydroxylation is 1. The highest BCUT2D eigenvalue weighted by molar-refractivity contribution is 6.32. The lowest BCUT2D eigenvalue weighted by Crippen LogP contribution is -2.28. The number of nitrogens with one attached hydrogen (secondary N) is 1. The van der Waals surface area contributed by atoms with Crippen LogP contribution in [-0.4, -0.2) is 17.5 Å². The number of halogens is 1. The molecule has 2 aromatic heterocycles. The van der Waals surface area contributed by atoms with E-state index in [1.165, 1.54) is 0 Å². The SMILES string of the molecule is O=C(COc1cc2oc(=O)c3c(c2cc1Cl)CCC3)NCc1cccnc1. The van der Waals surface area contributed by atoms with E-state index in [4.69, 9.17) is 20.8 Å². The number of fused-ring (bicyclic) bond motifs is 3. The third kappa shape index (κ3) is 3.66. The van der Waals surface area contributed by atoms with Crippen LogP contribution in [0, 0.1) is 0 Å². The highest BCUT2D eigenvalue weighted by Gasteiger charge is 2.21. The van der Waals surface area contributed by atoms with Crippen molar-refractivity contribution < 1.29 is 13.9 Å². The molecule has 0 spiro atoms. The topological polar surface area (TPSA) is 81.4 Å². The van der Waals surface area contributed by atoms with Crippen molar-refractivity contribution in [1.82, 2.24) is 10.3 Å². The van der Waals surface area contributed by atoms with Crippen LogP contribution < -0.4 is 15.7 Å². The lowest BCUT2D eigenvalue weighted by Gasteiger charge is -2.11. The van der Waals surface area contributed by atoms with Gasteiger partial charge in [-0.15, -0.1) is 0 Å². The number of aromatic nitrogens is 1. The van der Waals surface area contributed by atoms with Crippen molar-refractivity contribution in [3.63, 3.8) is 0 Å². The van der Waals surface area contributed by atoms with E-state index in [0.717, 1.165) is 41.3 Å². The van der Waals surface area contributed by atoms with Crippen LogP contribution in [-0.2, 0) is 24.2 Å². The minimum atomic E-state index is -0.308. The molecule has 2 heterocycles. The first-order valence-electron chi connectivity index (χ1n) is 8.68. The van der Waals surface area contributed by atoms with Crippen LogP contribution in [0.25, 0.3) is 11.0 Å². The Labute approximate surface area is 160 Å². The number of carbonyl (C=O) groups excluding carboxylic acids is 1. The molecule has 0 fully saturated rings. The van der Waals surface area contributed by atoms with Crippen molar-refractivity contribution in [2.45, 2.75) is 25.8 Å². The van der Waals surface area contributed by atoms with Gasteiger partial charge in [-0.05, 0) is 42.5 Å². The van der Waals surface area contributed by atoms with E-state index in [2.05, 4.69) is 10.3 Å². The van der Waals surface area contributed by atoms with Crippen molar-refractivity contribution >= 4 is 28.5 Å². The first-order chi connectivity index (χ1) is 13.1. The number of nitrogens with zero attached hydrogens (tertiary/aromatic N) is 1. The molecule has 6 nitrogen and oxygen atoms in total. The predicted molar refractivity (Wildman–Crippen MR) is 101 cm³/mol. The predicted octanol–water partition coefficient (Wildman–Crippen LogP) is 3.03. The summed E-state index contributed by atoms with van der Waals surface area (Å²) in [7, 11) is 0. The molecule has 1 amide bonds. The molecular weight excluding hydrogens is 368 g/mol. The first-order valence-corrected chi connectivity index (χ1v) is 9.06. The molecule has 0 radical (unpaired) electrons. The summed E-state index contributed by atoms with van der Waals surface area (Å²) in [6.45, 7) is 0.170. The number of benzene rings is 1. The largest absolute Gasteiger partial charge is 0.482 e. The average molecular weight is 385 g/mol. The van der Waals surface area contributed by atoms with E-state index in [9.17, 15) is 9.59 Å². The number of pyridine rings is 1. The maximum absolute atomic E-state index is 12.1. The monoisotopic (exact) mass is 384 g/mol. The Morgan fingerprint density at radius 2 is 2.15 bits per heavy atom. The van der Waals surface area contributed by atoms with Crippen LogP contribution in [0.1, 0.15) is 23.1 Å². The normalized spacial score (nSPS) is 12.8. The number of hydrogen-bond donors (Lipinski definition) is 1. The van der Waals surface area contributed by atoms with Gasteiger partial charge in [-0.2, -0.15) is 0 Å². The summed E-state index contributed by atoms with van der Waals surface area (Å²) in [5.41, 5.74) is 2.75. The van der Waals surface area contributed by atoms with Gasteiger partial charge in [-0.3, -0.25) is 9.78 Å². The van der Waals surface area contributed by atoms with E-state index in [-0.39, 0.29) is 18.1 Å². The molecule has 0 atom stereocenters. The molecule has 0 saturated carbocycles. The third-order valence-corrected chi connectivity index (χ3v) is 4.89. The maximum atomic E-state index is 12.1. The van der Waals surface area contributed by atoms with Gasteiger partial charge in [0.2, 0.25) is 0 Å². The Kier molecular flexibility index (Phi) is 4.81. The van der Waals surface area contributed by atoms with Gasteiger partial charge in [-0.25, -0.2) is 4.79 Å². The maximum Gasteiger partial charge on any atom is 0.339 e. The molecule has 1 aliphatic rings. The minimum Gasteiger partial charge on any atom is -0.482 e. The van der Waals surface area contributed by atoms with Crippen LogP contribution in [0.5, 0.6) is 5.75 Å². The highest BCUT2D eigenvalue weighted by atomic mass is 35.5. The molecule has 27 heavy (non-hydrogen) atoms. The standard InChI is InChI=1S/C20H17ClN2O4/c21-16-7-15-13-4-1-5-14(13)20(25)27-17(15)8-18(16)26-11-19(24)23-10-12-3-2-6-22-9-12/h2-3,6-9H,1,4-5,10-11H2,(H,23,24). The molecule has 0 bridgehead atoms. The number of ether oxygens (including phenoxy) is 1. The second kappa shape index (κ2) is 7.40. The van der Waals surface area contributed by atoms with Crippen LogP contribution in [0.4, 0.5) is 0 Å². The van der Waals surface area contributed by atoms with E-state index in [0.29, 0.717) is 22.9 Å². The summed E-state index contributed by atoms with van der Waals surface area (Å²) in [6, 6.07) is 6.99. The molecule has 1 N–H and O–H groups in total. The molecule has 1 aromatic carbocycles. The molecule has 4 rings (SSSR count). The van der Waals surface area contributed by atoms with E-state index >= 15 is 0 Å². The van der Waals surface area contributed by atoms with Crippen LogP contribution in [0.3, 0.4) is 0 Å². The Morgan fingerprint density at radius 1 is 1.30 bits per heavy atom. The first kappa shape index (κ1) is 17.5. The minimum absolute atomic E-state index is 0.194. The van der Waals surface area contributed by atoms with Crippen molar-refractivity contribution in [3.05, 3.63) is 68.8 Å². The van der Waals surface area contributed by atoms with Crippen molar-refractivity contribution in [1.29, 1.82) is 0 Å². The molecule has 7 heteroatoms. The second-order valence-electron chi connectivity index (χ2n) is 6.41. The van der Waals surface area contributed by atoms with Crippen molar-refractivity contribution in [2.75, 3.05) is 6.61 Å². The van der Waals surface area contributed by atoms with Gasteiger partial charge < -0.3 is 14.5 Å². The number of rotatable bonds is 5. The van der Waals surface area contributed by atoms with Crippen LogP contribution >= 0.6 is 11.6 Å². The zero-order valence-electron chi connectivity index (χ0n) is 14.5. The summed E-state index contributed by atoms with van der Waals surface area (Å²) in [5, 5.41) is 3.96. The summed E-state index contributed by atoms with van der Waals surface area (Å²) < 4.78 is 10.9. The summed E-state index contributed by atoms with van der Waals surface area (Å²) in [4.78, 5) is 28.1. The highest BCUT2D eigenvalue weighted by Crippen LogP contribution is 2.34.